The molecule has 1 N–H and O–H groups in total. The first-order valence-electron chi connectivity index (χ1n) is 5.55. The molecule has 0 fully saturated rings. The summed E-state index contributed by atoms with van der Waals surface area (Å²) in [6.07, 6.45) is 8.16. The predicted molar refractivity (Wildman–Crippen MR) is 61.0 cm³/mol. The summed E-state index contributed by atoms with van der Waals surface area (Å²) in [5.74, 6) is 0.831. The summed E-state index contributed by atoms with van der Waals surface area (Å²) < 4.78 is 0. The molecule has 0 aromatic heterocycles. The molecule has 1 heteroatoms. The fourth-order valence-electron chi connectivity index (χ4n) is 1.34. The Bertz CT molecular complexity index is 127. The monoisotopic (exact) mass is 183 g/mol. The second-order valence-electron chi connectivity index (χ2n) is 4.05. The zero-order valence-electron chi connectivity index (χ0n) is 9.64. The molecular weight excluding hydrogens is 158 g/mol. The van der Waals surface area contributed by atoms with Gasteiger partial charge in [-0.05, 0) is 32.1 Å². The van der Waals surface area contributed by atoms with Crippen LogP contribution in [0.15, 0.2) is 12.2 Å². The van der Waals surface area contributed by atoms with Gasteiger partial charge in [0.25, 0.3) is 0 Å². The van der Waals surface area contributed by atoms with Crippen LogP contribution in [0.5, 0.6) is 0 Å². The molecular formula is C12H25N. The van der Waals surface area contributed by atoms with Crippen molar-refractivity contribution in [1.82, 2.24) is 5.32 Å². The Morgan fingerprint density at radius 1 is 1.23 bits per heavy atom. The van der Waals surface area contributed by atoms with Crippen LogP contribution in [-0.2, 0) is 0 Å². The van der Waals surface area contributed by atoms with Crippen LogP contribution in [0.4, 0.5) is 0 Å². The molecule has 0 heterocycles. The average Bonchev–Trinajstić information content (AvgIpc) is 2.10. The van der Waals surface area contributed by atoms with E-state index in [2.05, 4.69) is 45.2 Å². The fraction of sp³-hybridized carbons (Fsp3) is 0.833. The topological polar surface area (TPSA) is 12.0 Å². The smallest absolute Gasteiger partial charge is 0.0137 e. The average molecular weight is 183 g/mol. The van der Waals surface area contributed by atoms with Gasteiger partial charge in [-0.1, -0.05) is 32.9 Å². The van der Waals surface area contributed by atoms with Gasteiger partial charge in [0, 0.05) is 12.6 Å². The number of hydrogen-bond donors (Lipinski definition) is 1. The standard InChI is InChI=1S/C12H25N/c1-5-7-10-13-12(6-2)9-8-11(3)4/h5,7,11-13H,6,8-10H2,1-4H3/b7-5+/t12-/m1/s1. The van der Waals surface area contributed by atoms with E-state index in [9.17, 15) is 0 Å². The summed E-state index contributed by atoms with van der Waals surface area (Å²) in [7, 11) is 0. The van der Waals surface area contributed by atoms with Crippen LogP contribution in [0, 0.1) is 5.92 Å². The van der Waals surface area contributed by atoms with Gasteiger partial charge in [0.1, 0.15) is 0 Å². The van der Waals surface area contributed by atoms with Gasteiger partial charge in [0.05, 0.1) is 0 Å². The summed E-state index contributed by atoms with van der Waals surface area (Å²) in [5.41, 5.74) is 0. The van der Waals surface area contributed by atoms with Crippen LogP contribution >= 0.6 is 0 Å². The Morgan fingerprint density at radius 3 is 2.38 bits per heavy atom. The molecule has 0 bridgehead atoms. The molecule has 78 valence electrons. The molecule has 1 atom stereocenters. The number of rotatable bonds is 7. The van der Waals surface area contributed by atoms with Gasteiger partial charge in [0.2, 0.25) is 0 Å². The first kappa shape index (κ1) is 12.7. The Hall–Kier alpha value is -0.300. The van der Waals surface area contributed by atoms with E-state index < -0.39 is 0 Å². The number of hydrogen-bond acceptors (Lipinski definition) is 1. The second kappa shape index (κ2) is 8.31. The van der Waals surface area contributed by atoms with Crippen LogP contribution in [0.3, 0.4) is 0 Å². The molecule has 0 aromatic carbocycles. The molecule has 0 aliphatic rings. The summed E-state index contributed by atoms with van der Waals surface area (Å²) in [4.78, 5) is 0. The molecule has 13 heavy (non-hydrogen) atoms. The third-order valence-electron chi connectivity index (χ3n) is 2.35. The minimum absolute atomic E-state index is 0.707. The zero-order valence-corrected chi connectivity index (χ0v) is 9.64. The van der Waals surface area contributed by atoms with Crippen molar-refractivity contribution < 1.29 is 0 Å². The van der Waals surface area contributed by atoms with E-state index in [1.54, 1.807) is 0 Å². The first-order chi connectivity index (χ1) is 6.20. The maximum absolute atomic E-state index is 3.54. The van der Waals surface area contributed by atoms with Gasteiger partial charge in [-0.25, -0.2) is 0 Å². The SMILES string of the molecule is C/C=C/CN[C@H](CC)CCC(C)C. The van der Waals surface area contributed by atoms with Crippen molar-refractivity contribution in [3.05, 3.63) is 12.2 Å². The van der Waals surface area contributed by atoms with E-state index >= 15 is 0 Å². The first-order valence-corrected chi connectivity index (χ1v) is 5.55. The van der Waals surface area contributed by atoms with Gasteiger partial charge >= 0.3 is 0 Å². The van der Waals surface area contributed by atoms with E-state index in [1.807, 2.05) is 0 Å². The minimum atomic E-state index is 0.707. The Kier molecular flexibility index (Phi) is 8.11. The van der Waals surface area contributed by atoms with E-state index in [1.165, 1.54) is 19.3 Å². The van der Waals surface area contributed by atoms with Crippen molar-refractivity contribution in [2.75, 3.05) is 6.54 Å². The van der Waals surface area contributed by atoms with Crippen molar-refractivity contribution in [1.29, 1.82) is 0 Å². The zero-order chi connectivity index (χ0) is 10.1. The molecule has 0 rings (SSSR count). The van der Waals surface area contributed by atoms with Crippen molar-refractivity contribution in [2.45, 2.75) is 53.0 Å². The summed E-state index contributed by atoms with van der Waals surface area (Å²) >= 11 is 0. The lowest BCUT2D eigenvalue weighted by molar-refractivity contribution is 0.433. The predicted octanol–water partition coefficient (Wildman–Crippen LogP) is 3.37. The molecule has 0 saturated heterocycles. The second-order valence-corrected chi connectivity index (χ2v) is 4.05. The number of nitrogens with one attached hydrogen (secondary N) is 1. The molecule has 0 aromatic rings. The lowest BCUT2D eigenvalue weighted by Gasteiger charge is -2.16. The van der Waals surface area contributed by atoms with Crippen LogP contribution in [0.25, 0.3) is 0 Å². The lowest BCUT2D eigenvalue weighted by Crippen LogP contribution is -2.28. The fourth-order valence-corrected chi connectivity index (χ4v) is 1.34. The van der Waals surface area contributed by atoms with Crippen molar-refractivity contribution in [3.63, 3.8) is 0 Å². The van der Waals surface area contributed by atoms with Crippen LogP contribution < -0.4 is 5.32 Å². The van der Waals surface area contributed by atoms with Crippen LogP contribution in [-0.4, -0.2) is 12.6 Å². The van der Waals surface area contributed by atoms with Crippen molar-refractivity contribution in [2.24, 2.45) is 5.92 Å². The molecule has 1 nitrogen and oxygen atoms in total. The molecule has 0 spiro atoms. The Balaban J connectivity index is 3.50. The van der Waals surface area contributed by atoms with Crippen molar-refractivity contribution >= 4 is 0 Å². The molecule has 0 radical (unpaired) electrons. The highest BCUT2D eigenvalue weighted by atomic mass is 14.9. The molecule has 0 saturated carbocycles. The Labute approximate surface area is 83.6 Å². The Morgan fingerprint density at radius 2 is 1.92 bits per heavy atom. The summed E-state index contributed by atoms with van der Waals surface area (Å²) in [5, 5.41) is 3.54. The minimum Gasteiger partial charge on any atom is -0.311 e. The quantitative estimate of drug-likeness (QED) is 0.597. The highest BCUT2D eigenvalue weighted by molar-refractivity contribution is 4.81. The highest BCUT2D eigenvalue weighted by Crippen LogP contribution is 2.08. The third-order valence-corrected chi connectivity index (χ3v) is 2.35. The summed E-state index contributed by atoms with van der Waals surface area (Å²) in [6, 6.07) is 0.707. The van der Waals surface area contributed by atoms with Crippen LogP contribution in [0.1, 0.15) is 47.0 Å². The lowest BCUT2D eigenvalue weighted by atomic mass is 10.0. The molecule has 0 aliphatic heterocycles. The van der Waals surface area contributed by atoms with E-state index in [0.717, 1.165) is 12.5 Å². The normalized spacial score (nSPS) is 14.2. The van der Waals surface area contributed by atoms with Gasteiger partial charge < -0.3 is 5.32 Å². The van der Waals surface area contributed by atoms with Gasteiger partial charge in [-0.15, -0.1) is 0 Å². The number of allylic oxidation sites excluding steroid dienone is 1. The van der Waals surface area contributed by atoms with Crippen molar-refractivity contribution in [3.8, 4) is 0 Å². The van der Waals surface area contributed by atoms with E-state index in [4.69, 9.17) is 0 Å². The molecule has 0 amide bonds. The highest BCUT2D eigenvalue weighted by Gasteiger charge is 2.04. The summed E-state index contributed by atoms with van der Waals surface area (Å²) in [6.45, 7) is 9.93. The van der Waals surface area contributed by atoms with Gasteiger partial charge in [-0.3, -0.25) is 0 Å². The molecule has 0 unspecified atom stereocenters. The third kappa shape index (κ3) is 8.04. The van der Waals surface area contributed by atoms with E-state index in [0.29, 0.717) is 6.04 Å². The van der Waals surface area contributed by atoms with Gasteiger partial charge in [-0.2, -0.15) is 0 Å². The van der Waals surface area contributed by atoms with E-state index in [-0.39, 0.29) is 0 Å². The van der Waals surface area contributed by atoms with Crippen LogP contribution in [0.2, 0.25) is 0 Å². The molecule has 0 aliphatic carbocycles. The maximum Gasteiger partial charge on any atom is 0.0137 e. The largest absolute Gasteiger partial charge is 0.311 e. The maximum atomic E-state index is 3.54. The van der Waals surface area contributed by atoms with Gasteiger partial charge in [0.15, 0.2) is 0 Å².